The van der Waals surface area contributed by atoms with E-state index >= 15 is 0 Å². The summed E-state index contributed by atoms with van der Waals surface area (Å²) in [6.07, 6.45) is 0. The zero-order valence-electron chi connectivity index (χ0n) is 9.37. The Kier molecular flexibility index (Phi) is 3.54. The van der Waals surface area contributed by atoms with Crippen LogP contribution in [-0.4, -0.2) is 10.2 Å². The van der Waals surface area contributed by atoms with Crippen molar-refractivity contribution in [2.75, 3.05) is 5.32 Å². The molecule has 0 bridgehead atoms. The van der Waals surface area contributed by atoms with E-state index in [9.17, 15) is 0 Å². The summed E-state index contributed by atoms with van der Waals surface area (Å²) in [6, 6.07) is 5.91. The van der Waals surface area contributed by atoms with E-state index in [1.807, 2.05) is 19.1 Å². The third-order valence-electron chi connectivity index (χ3n) is 2.14. The molecular formula is C11H11Cl2N3O. The van der Waals surface area contributed by atoms with Crippen LogP contribution in [0.2, 0.25) is 5.02 Å². The summed E-state index contributed by atoms with van der Waals surface area (Å²) in [4.78, 5) is 0. The molecule has 0 radical (unpaired) electrons. The molecule has 0 amide bonds. The number of hydrogen-bond donors (Lipinski definition) is 1. The van der Waals surface area contributed by atoms with E-state index in [0.29, 0.717) is 10.9 Å². The molecule has 0 saturated carbocycles. The van der Waals surface area contributed by atoms with Crippen molar-refractivity contribution < 1.29 is 4.42 Å². The van der Waals surface area contributed by atoms with E-state index in [-0.39, 0.29) is 11.4 Å². The van der Waals surface area contributed by atoms with Gasteiger partial charge in [0.2, 0.25) is 5.89 Å². The molecule has 0 spiro atoms. The molecule has 1 aromatic heterocycles. The second kappa shape index (κ2) is 4.94. The summed E-state index contributed by atoms with van der Waals surface area (Å²) in [5.74, 6) is 0.373. The Morgan fingerprint density at radius 3 is 2.76 bits per heavy atom. The largest absolute Gasteiger partial charge is 0.406 e. The molecule has 4 nitrogen and oxygen atoms in total. The highest BCUT2D eigenvalue weighted by atomic mass is 35.5. The smallest absolute Gasteiger partial charge is 0.320 e. The molecule has 0 aliphatic carbocycles. The van der Waals surface area contributed by atoms with Crippen molar-refractivity contribution in [3.63, 3.8) is 0 Å². The normalized spacial score (nSPS) is 12.5. The summed E-state index contributed by atoms with van der Waals surface area (Å²) < 4.78 is 5.32. The lowest BCUT2D eigenvalue weighted by Crippen LogP contribution is -1.92. The highest BCUT2D eigenvalue weighted by molar-refractivity contribution is 6.33. The predicted octanol–water partition coefficient (Wildman–Crippen LogP) is 4.07. The SMILES string of the molecule is Cc1ccc(Cl)c(Nc2nnc(C(C)Cl)o2)c1. The fourth-order valence-corrected chi connectivity index (χ4v) is 1.55. The third-order valence-corrected chi connectivity index (χ3v) is 2.66. The lowest BCUT2D eigenvalue weighted by atomic mass is 10.2. The Morgan fingerprint density at radius 2 is 2.12 bits per heavy atom. The summed E-state index contributed by atoms with van der Waals surface area (Å²) in [5.41, 5.74) is 1.81. The second-order valence-corrected chi connectivity index (χ2v) is 4.73. The molecule has 0 saturated heterocycles. The minimum atomic E-state index is -0.314. The zero-order valence-corrected chi connectivity index (χ0v) is 10.9. The van der Waals surface area contributed by atoms with Crippen LogP contribution < -0.4 is 5.32 Å². The lowest BCUT2D eigenvalue weighted by molar-refractivity contribution is 0.510. The molecule has 1 atom stereocenters. The minimum Gasteiger partial charge on any atom is -0.406 e. The van der Waals surface area contributed by atoms with Gasteiger partial charge in [-0.15, -0.1) is 16.7 Å². The molecule has 2 aromatic rings. The van der Waals surface area contributed by atoms with Crippen molar-refractivity contribution in [1.82, 2.24) is 10.2 Å². The number of aromatic nitrogens is 2. The van der Waals surface area contributed by atoms with Gasteiger partial charge in [0.15, 0.2) is 0 Å². The van der Waals surface area contributed by atoms with Crippen LogP contribution in [0.5, 0.6) is 0 Å². The zero-order chi connectivity index (χ0) is 12.4. The van der Waals surface area contributed by atoms with Gasteiger partial charge in [-0.3, -0.25) is 0 Å². The summed E-state index contributed by atoms with van der Waals surface area (Å²) >= 11 is 11.9. The van der Waals surface area contributed by atoms with E-state index in [1.54, 1.807) is 13.0 Å². The van der Waals surface area contributed by atoms with Crippen molar-refractivity contribution in [3.05, 3.63) is 34.7 Å². The maximum Gasteiger partial charge on any atom is 0.320 e. The number of rotatable bonds is 3. The molecule has 1 aromatic carbocycles. The minimum absolute atomic E-state index is 0.278. The fourth-order valence-electron chi connectivity index (χ4n) is 1.30. The van der Waals surface area contributed by atoms with Gasteiger partial charge >= 0.3 is 6.01 Å². The van der Waals surface area contributed by atoms with E-state index in [4.69, 9.17) is 27.6 Å². The number of alkyl halides is 1. The van der Waals surface area contributed by atoms with Gasteiger partial charge in [-0.05, 0) is 31.5 Å². The van der Waals surface area contributed by atoms with Gasteiger partial charge in [-0.2, -0.15) is 0 Å². The van der Waals surface area contributed by atoms with Crippen molar-refractivity contribution in [3.8, 4) is 0 Å². The fraction of sp³-hybridized carbons (Fsp3) is 0.273. The van der Waals surface area contributed by atoms with Crippen molar-refractivity contribution in [2.24, 2.45) is 0 Å². The number of nitrogens with one attached hydrogen (secondary N) is 1. The maximum atomic E-state index is 6.04. The Morgan fingerprint density at radius 1 is 1.35 bits per heavy atom. The predicted molar refractivity (Wildman–Crippen MR) is 68.0 cm³/mol. The standard InChI is InChI=1S/C11H11Cl2N3O/c1-6-3-4-8(13)9(5-6)14-11-16-15-10(17-11)7(2)12/h3-5,7H,1-2H3,(H,14,16). The first-order valence-electron chi connectivity index (χ1n) is 5.07. The van der Waals surface area contributed by atoms with Crippen LogP contribution in [0.3, 0.4) is 0 Å². The summed E-state index contributed by atoms with van der Waals surface area (Å²) in [7, 11) is 0. The van der Waals surface area contributed by atoms with E-state index in [0.717, 1.165) is 11.3 Å². The number of anilines is 2. The van der Waals surface area contributed by atoms with Crippen LogP contribution in [0.4, 0.5) is 11.7 Å². The van der Waals surface area contributed by atoms with Gasteiger partial charge in [-0.1, -0.05) is 22.8 Å². The van der Waals surface area contributed by atoms with Crippen molar-refractivity contribution >= 4 is 34.9 Å². The van der Waals surface area contributed by atoms with Crippen LogP contribution in [0.15, 0.2) is 22.6 Å². The van der Waals surface area contributed by atoms with E-state index in [1.165, 1.54) is 0 Å². The van der Waals surface area contributed by atoms with Crippen molar-refractivity contribution in [2.45, 2.75) is 19.2 Å². The van der Waals surface area contributed by atoms with Crippen molar-refractivity contribution in [1.29, 1.82) is 0 Å². The van der Waals surface area contributed by atoms with Crippen LogP contribution in [0.1, 0.15) is 23.8 Å². The van der Waals surface area contributed by atoms with Gasteiger partial charge in [-0.25, -0.2) is 0 Å². The molecule has 17 heavy (non-hydrogen) atoms. The average molecular weight is 272 g/mol. The van der Waals surface area contributed by atoms with E-state index < -0.39 is 0 Å². The summed E-state index contributed by atoms with van der Waals surface area (Å²) in [5, 5.41) is 10.9. The van der Waals surface area contributed by atoms with Gasteiger partial charge in [0.05, 0.1) is 10.7 Å². The molecular weight excluding hydrogens is 261 g/mol. The number of hydrogen-bond acceptors (Lipinski definition) is 4. The number of aryl methyl sites for hydroxylation is 1. The van der Waals surface area contributed by atoms with Crippen LogP contribution in [-0.2, 0) is 0 Å². The van der Waals surface area contributed by atoms with Gasteiger partial charge in [0.1, 0.15) is 5.38 Å². The molecule has 1 N–H and O–H groups in total. The number of halogens is 2. The Labute approximate surface area is 109 Å². The quantitative estimate of drug-likeness (QED) is 0.855. The first-order valence-corrected chi connectivity index (χ1v) is 5.88. The molecule has 1 heterocycles. The average Bonchev–Trinajstić information content (AvgIpc) is 2.72. The van der Waals surface area contributed by atoms with Gasteiger partial charge in [0, 0.05) is 0 Å². The molecule has 0 aliphatic rings. The monoisotopic (exact) mass is 271 g/mol. The lowest BCUT2D eigenvalue weighted by Gasteiger charge is -2.04. The maximum absolute atomic E-state index is 6.04. The second-order valence-electron chi connectivity index (χ2n) is 3.67. The Balaban J connectivity index is 2.22. The molecule has 2 rings (SSSR count). The van der Waals surface area contributed by atoms with Crippen LogP contribution in [0.25, 0.3) is 0 Å². The molecule has 90 valence electrons. The highest BCUT2D eigenvalue weighted by Crippen LogP contribution is 2.27. The molecule has 6 heteroatoms. The third kappa shape index (κ3) is 2.90. The van der Waals surface area contributed by atoms with E-state index in [2.05, 4.69) is 15.5 Å². The number of nitrogens with zero attached hydrogens (tertiary/aromatic N) is 2. The van der Waals surface area contributed by atoms with Gasteiger partial charge < -0.3 is 9.73 Å². The molecule has 0 aliphatic heterocycles. The first-order chi connectivity index (χ1) is 8.06. The topological polar surface area (TPSA) is 51.0 Å². The first kappa shape index (κ1) is 12.2. The highest BCUT2D eigenvalue weighted by Gasteiger charge is 2.12. The van der Waals surface area contributed by atoms with Gasteiger partial charge in [0.25, 0.3) is 0 Å². The molecule has 0 fully saturated rings. The summed E-state index contributed by atoms with van der Waals surface area (Å²) in [6.45, 7) is 3.74. The Hall–Kier alpha value is -1.26. The molecule has 1 unspecified atom stereocenters. The number of benzene rings is 1. The Bertz CT molecular complexity index is 525. The van der Waals surface area contributed by atoms with Crippen LogP contribution in [0, 0.1) is 6.92 Å². The van der Waals surface area contributed by atoms with Crippen LogP contribution >= 0.6 is 23.2 Å².